The van der Waals surface area contributed by atoms with E-state index in [1.165, 1.54) is 0 Å². The van der Waals surface area contributed by atoms with Crippen molar-refractivity contribution >= 4 is 6.21 Å². The van der Waals surface area contributed by atoms with E-state index >= 15 is 0 Å². The molecule has 1 N–H and O–H groups in total. The Balaban J connectivity index is 2.54. The molecule has 0 radical (unpaired) electrons. The smallest absolute Gasteiger partial charge is 0.0635 e. The van der Waals surface area contributed by atoms with Crippen LogP contribution in [0, 0.1) is 5.92 Å². The van der Waals surface area contributed by atoms with Gasteiger partial charge in [0.05, 0.1) is 6.10 Å². The molecule has 0 aliphatic carbocycles. The molecule has 0 aromatic rings. The second-order valence-electron chi connectivity index (χ2n) is 2.81. The average molecular weight is 127 g/mol. The highest BCUT2D eigenvalue weighted by Gasteiger charge is 2.18. The maximum atomic E-state index is 9.26. The lowest BCUT2D eigenvalue weighted by Gasteiger charge is -2.22. The van der Waals surface area contributed by atoms with Gasteiger partial charge in [-0.05, 0) is 13.3 Å². The van der Waals surface area contributed by atoms with Crippen molar-refractivity contribution in [1.29, 1.82) is 0 Å². The maximum absolute atomic E-state index is 9.26. The van der Waals surface area contributed by atoms with Gasteiger partial charge in [0, 0.05) is 18.2 Å². The molecule has 0 amide bonds. The van der Waals surface area contributed by atoms with Crippen molar-refractivity contribution in [3.63, 3.8) is 0 Å². The van der Waals surface area contributed by atoms with E-state index in [2.05, 4.69) is 4.99 Å². The van der Waals surface area contributed by atoms with E-state index in [1.54, 1.807) is 0 Å². The minimum atomic E-state index is -0.169. The Morgan fingerprint density at radius 2 is 2.22 bits per heavy atom. The minimum absolute atomic E-state index is 0.169. The van der Waals surface area contributed by atoms with E-state index in [9.17, 15) is 5.11 Å². The molecule has 0 saturated carbocycles. The molecule has 3 atom stereocenters. The molecule has 1 rings (SSSR count). The number of hydrogen-bond donors (Lipinski definition) is 1. The molecule has 52 valence electrons. The lowest BCUT2D eigenvalue weighted by Crippen LogP contribution is -2.27. The van der Waals surface area contributed by atoms with Gasteiger partial charge >= 0.3 is 0 Å². The number of aliphatic hydroxyl groups excluding tert-OH is 1. The van der Waals surface area contributed by atoms with Crippen LogP contribution in [0.25, 0.3) is 0 Å². The van der Waals surface area contributed by atoms with Gasteiger partial charge in [-0.1, -0.05) is 6.92 Å². The Labute approximate surface area is 55.6 Å². The highest BCUT2D eigenvalue weighted by molar-refractivity contribution is 5.62. The Hall–Kier alpha value is -0.370. The summed E-state index contributed by atoms with van der Waals surface area (Å²) in [5.41, 5.74) is 0. The average Bonchev–Trinajstić information content (AvgIpc) is 1.80. The van der Waals surface area contributed by atoms with Crippen molar-refractivity contribution in [2.24, 2.45) is 10.9 Å². The first kappa shape index (κ1) is 6.75. The van der Waals surface area contributed by atoms with Crippen LogP contribution in [0.2, 0.25) is 0 Å². The molecule has 2 nitrogen and oxygen atoms in total. The van der Waals surface area contributed by atoms with Crippen molar-refractivity contribution in [3.05, 3.63) is 0 Å². The molecule has 0 fully saturated rings. The van der Waals surface area contributed by atoms with Crippen LogP contribution < -0.4 is 0 Å². The van der Waals surface area contributed by atoms with Gasteiger partial charge in [0.15, 0.2) is 0 Å². The fraction of sp³-hybridized carbons (Fsp3) is 0.857. The lowest BCUT2D eigenvalue weighted by atomic mass is 9.97. The summed E-state index contributed by atoms with van der Waals surface area (Å²) in [7, 11) is 0. The fourth-order valence-corrected chi connectivity index (χ4v) is 1.01. The summed E-state index contributed by atoms with van der Waals surface area (Å²) in [5.74, 6) is 0.251. The van der Waals surface area contributed by atoms with Gasteiger partial charge in [-0.15, -0.1) is 0 Å². The third-order valence-electron chi connectivity index (χ3n) is 1.77. The molecular formula is C7H13NO. The van der Waals surface area contributed by atoms with Crippen molar-refractivity contribution < 1.29 is 5.11 Å². The van der Waals surface area contributed by atoms with Crippen LogP contribution in [0.1, 0.15) is 20.3 Å². The van der Waals surface area contributed by atoms with Crippen molar-refractivity contribution in [3.8, 4) is 0 Å². The molecule has 1 heterocycles. The van der Waals surface area contributed by atoms with Crippen LogP contribution in [0.15, 0.2) is 4.99 Å². The SMILES string of the molecule is CC1C=N[C@H](C)CC1O. The summed E-state index contributed by atoms with van der Waals surface area (Å²) >= 11 is 0. The van der Waals surface area contributed by atoms with E-state index in [0.717, 1.165) is 6.42 Å². The molecule has 1 aliphatic rings. The number of rotatable bonds is 0. The van der Waals surface area contributed by atoms with E-state index < -0.39 is 0 Å². The normalized spacial score (nSPS) is 43.2. The van der Waals surface area contributed by atoms with E-state index in [4.69, 9.17) is 0 Å². The van der Waals surface area contributed by atoms with Crippen LogP contribution in [-0.4, -0.2) is 23.5 Å². The predicted molar refractivity (Wildman–Crippen MR) is 37.7 cm³/mol. The molecule has 0 aromatic carbocycles. The monoisotopic (exact) mass is 127 g/mol. The first-order valence-corrected chi connectivity index (χ1v) is 3.41. The maximum Gasteiger partial charge on any atom is 0.0635 e. The van der Waals surface area contributed by atoms with Crippen molar-refractivity contribution in [2.75, 3.05) is 0 Å². The molecule has 0 aromatic heterocycles. The lowest BCUT2D eigenvalue weighted by molar-refractivity contribution is 0.125. The van der Waals surface area contributed by atoms with Crippen molar-refractivity contribution in [1.82, 2.24) is 0 Å². The van der Waals surface area contributed by atoms with E-state index in [1.807, 2.05) is 20.1 Å². The highest BCUT2D eigenvalue weighted by Crippen LogP contribution is 2.14. The Morgan fingerprint density at radius 1 is 1.56 bits per heavy atom. The van der Waals surface area contributed by atoms with Gasteiger partial charge in [-0.25, -0.2) is 0 Å². The van der Waals surface area contributed by atoms with Crippen LogP contribution in [0.3, 0.4) is 0 Å². The summed E-state index contributed by atoms with van der Waals surface area (Å²) in [6.07, 6.45) is 2.49. The fourth-order valence-electron chi connectivity index (χ4n) is 1.01. The summed E-state index contributed by atoms with van der Waals surface area (Å²) in [6, 6.07) is 0.316. The zero-order chi connectivity index (χ0) is 6.85. The summed E-state index contributed by atoms with van der Waals surface area (Å²) in [4.78, 5) is 4.18. The third-order valence-corrected chi connectivity index (χ3v) is 1.77. The molecule has 1 aliphatic heterocycles. The standard InChI is InChI=1S/C7H13NO/c1-5-4-8-6(2)3-7(5)9/h4-7,9H,3H2,1-2H3/t5?,6-,7?/m1/s1. The topological polar surface area (TPSA) is 32.6 Å². The molecule has 2 heteroatoms. The largest absolute Gasteiger partial charge is 0.392 e. The van der Waals surface area contributed by atoms with Gasteiger partial charge in [0.2, 0.25) is 0 Å². The van der Waals surface area contributed by atoms with Crippen molar-refractivity contribution in [2.45, 2.75) is 32.4 Å². The predicted octanol–water partition coefficient (Wildman–Crippen LogP) is 0.846. The quantitative estimate of drug-likeness (QED) is 0.514. The second kappa shape index (κ2) is 2.48. The zero-order valence-corrected chi connectivity index (χ0v) is 5.91. The van der Waals surface area contributed by atoms with Gasteiger partial charge < -0.3 is 5.11 Å². The van der Waals surface area contributed by atoms with Gasteiger partial charge in [0.1, 0.15) is 0 Å². The highest BCUT2D eigenvalue weighted by atomic mass is 16.3. The molecule has 0 saturated heterocycles. The number of nitrogens with zero attached hydrogens (tertiary/aromatic N) is 1. The zero-order valence-electron chi connectivity index (χ0n) is 5.91. The van der Waals surface area contributed by atoms with Crippen LogP contribution in [-0.2, 0) is 0 Å². The molecular weight excluding hydrogens is 114 g/mol. The summed E-state index contributed by atoms with van der Waals surface area (Å²) < 4.78 is 0. The molecule has 0 bridgehead atoms. The van der Waals surface area contributed by atoms with Crippen LogP contribution >= 0.6 is 0 Å². The van der Waals surface area contributed by atoms with Gasteiger partial charge in [-0.2, -0.15) is 0 Å². The van der Waals surface area contributed by atoms with E-state index in [-0.39, 0.29) is 12.0 Å². The summed E-state index contributed by atoms with van der Waals surface area (Å²) in [6.45, 7) is 4.01. The molecule has 0 spiro atoms. The summed E-state index contributed by atoms with van der Waals surface area (Å²) in [5, 5.41) is 9.26. The van der Waals surface area contributed by atoms with Crippen LogP contribution in [0.4, 0.5) is 0 Å². The molecule has 9 heavy (non-hydrogen) atoms. The Kier molecular flexibility index (Phi) is 1.86. The molecule has 2 unspecified atom stereocenters. The first-order chi connectivity index (χ1) is 4.20. The minimum Gasteiger partial charge on any atom is -0.392 e. The Bertz CT molecular complexity index is 122. The Morgan fingerprint density at radius 3 is 2.67 bits per heavy atom. The second-order valence-corrected chi connectivity index (χ2v) is 2.81. The van der Waals surface area contributed by atoms with Crippen LogP contribution in [0.5, 0.6) is 0 Å². The first-order valence-electron chi connectivity index (χ1n) is 3.41. The third kappa shape index (κ3) is 1.52. The van der Waals surface area contributed by atoms with Gasteiger partial charge in [-0.3, -0.25) is 4.99 Å². The van der Waals surface area contributed by atoms with Gasteiger partial charge in [0.25, 0.3) is 0 Å². The number of aliphatic imine (C=N–C) groups is 1. The number of hydrogen-bond acceptors (Lipinski definition) is 2. The number of aliphatic hydroxyl groups is 1. The van der Waals surface area contributed by atoms with E-state index in [0.29, 0.717) is 6.04 Å².